The molecule has 0 saturated heterocycles. The van der Waals surface area contributed by atoms with Gasteiger partial charge in [-0.2, -0.15) is 0 Å². The minimum Gasteiger partial charge on any atom is -0.313 e. The molecule has 2 atom stereocenters. The van der Waals surface area contributed by atoms with Crippen molar-refractivity contribution in [3.63, 3.8) is 0 Å². The zero-order chi connectivity index (χ0) is 12.3. The fourth-order valence-corrected chi connectivity index (χ4v) is 2.34. The van der Waals surface area contributed by atoms with Gasteiger partial charge in [-0.15, -0.1) is 0 Å². The summed E-state index contributed by atoms with van der Waals surface area (Å²) in [5.41, 5.74) is 3.81. The Kier molecular flexibility index (Phi) is 4.82. The molecule has 1 aromatic carbocycles. The molecule has 0 aromatic heterocycles. The van der Waals surface area contributed by atoms with E-state index in [1.54, 1.807) is 0 Å². The van der Waals surface area contributed by atoms with E-state index in [1.165, 1.54) is 17.5 Å². The number of rotatable bonds is 4. The third-order valence-electron chi connectivity index (χ3n) is 3.41. The summed E-state index contributed by atoms with van der Waals surface area (Å²) in [5, 5.41) is 4.27. The predicted molar refractivity (Wildman–Crippen MR) is 72.2 cm³/mol. The van der Waals surface area contributed by atoms with Crippen LogP contribution in [0.25, 0.3) is 0 Å². The van der Waals surface area contributed by atoms with Crippen LogP contribution in [-0.4, -0.2) is 7.05 Å². The second-order valence-electron chi connectivity index (χ2n) is 4.61. The van der Waals surface area contributed by atoms with Crippen LogP contribution in [-0.2, 0) is 0 Å². The van der Waals surface area contributed by atoms with Gasteiger partial charge in [-0.25, -0.2) is 0 Å². The maximum Gasteiger partial charge on any atom is 0.0438 e. The van der Waals surface area contributed by atoms with E-state index in [4.69, 9.17) is 11.6 Å². The lowest BCUT2D eigenvalue weighted by molar-refractivity contribution is 0.399. The van der Waals surface area contributed by atoms with Crippen molar-refractivity contribution >= 4 is 11.6 Å². The molecule has 0 fully saturated rings. The Bertz CT molecular complexity index is 360. The quantitative estimate of drug-likeness (QED) is 0.828. The Morgan fingerprint density at radius 3 is 2.38 bits per heavy atom. The normalized spacial score (nSPS) is 14.9. The molecule has 0 aliphatic rings. The van der Waals surface area contributed by atoms with E-state index in [0.29, 0.717) is 12.0 Å². The van der Waals surface area contributed by atoms with Gasteiger partial charge >= 0.3 is 0 Å². The van der Waals surface area contributed by atoms with Crippen molar-refractivity contribution in [3.05, 3.63) is 33.8 Å². The highest BCUT2D eigenvalue weighted by atomic mass is 35.5. The zero-order valence-electron chi connectivity index (χ0n) is 10.9. The van der Waals surface area contributed by atoms with Gasteiger partial charge in [0.2, 0.25) is 0 Å². The SMILES string of the molecule is CCC(C)C(NC)c1cc(C)c(Cl)cc1C. The van der Waals surface area contributed by atoms with Gasteiger partial charge in [0.15, 0.2) is 0 Å². The van der Waals surface area contributed by atoms with Gasteiger partial charge in [0.25, 0.3) is 0 Å². The third-order valence-corrected chi connectivity index (χ3v) is 3.81. The van der Waals surface area contributed by atoms with Crippen molar-refractivity contribution in [1.82, 2.24) is 5.32 Å². The topological polar surface area (TPSA) is 12.0 Å². The molecule has 1 nitrogen and oxygen atoms in total. The molecule has 16 heavy (non-hydrogen) atoms. The molecule has 1 rings (SSSR count). The van der Waals surface area contributed by atoms with Gasteiger partial charge < -0.3 is 5.32 Å². The van der Waals surface area contributed by atoms with Crippen molar-refractivity contribution < 1.29 is 0 Å². The van der Waals surface area contributed by atoms with Crippen LogP contribution >= 0.6 is 11.6 Å². The van der Waals surface area contributed by atoms with Crippen molar-refractivity contribution in [2.24, 2.45) is 5.92 Å². The van der Waals surface area contributed by atoms with Crippen molar-refractivity contribution in [1.29, 1.82) is 0 Å². The Morgan fingerprint density at radius 2 is 1.88 bits per heavy atom. The summed E-state index contributed by atoms with van der Waals surface area (Å²) in [6, 6.07) is 4.70. The van der Waals surface area contributed by atoms with Crippen LogP contribution in [0.15, 0.2) is 12.1 Å². The molecular weight excluding hydrogens is 218 g/mol. The Labute approximate surface area is 104 Å². The van der Waals surface area contributed by atoms with Gasteiger partial charge in [0, 0.05) is 11.1 Å². The van der Waals surface area contributed by atoms with E-state index < -0.39 is 0 Å². The first-order valence-electron chi connectivity index (χ1n) is 5.95. The fourth-order valence-electron chi connectivity index (χ4n) is 2.12. The minimum atomic E-state index is 0.418. The molecule has 2 unspecified atom stereocenters. The molecule has 0 heterocycles. The van der Waals surface area contributed by atoms with Crippen LogP contribution in [0.2, 0.25) is 5.02 Å². The first-order valence-corrected chi connectivity index (χ1v) is 6.33. The molecule has 0 spiro atoms. The van der Waals surface area contributed by atoms with E-state index >= 15 is 0 Å². The number of aryl methyl sites for hydroxylation is 2. The average Bonchev–Trinajstić information content (AvgIpc) is 2.26. The number of nitrogens with one attached hydrogen (secondary N) is 1. The molecule has 2 heteroatoms. The smallest absolute Gasteiger partial charge is 0.0438 e. The van der Waals surface area contributed by atoms with Crippen molar-refractivity contribution in [2.75, 3.05) is 7.05 Å². The molecule has 0 amide bonds. The first-order chi connectivity index (χ1) is 7.51. The maximum atomic E-state index is 6.13. The largest absolute Gasteiger partial charge is 0.313 e. The number of benzene rings is 1. The van der Waals surface area contributed by atoms with Gasteiger partial charge in [0.1, 0.15) is 0 Å². The summed E-state index contributed by atoms with van der Waals surface area (Å²) >= 11 is 6.13. The monoisotopic (exact) mass is 239 g/mol. The van der Waals surface area contributed by atoms with Crippen LogP contribution in [0, 0.1) is 19.8 Å². The summed E-state index contributed by atoms with van der Waals surface area (Å²) in [6.45, 7) is 8.71. The van der Waals surface area contributed by atoms with Crippen LogP contribution in [0.4, 0.5) is 0 Å². The third kappa shape index (κ3) is 2.78. The van der Waals surface area contributed by atoms with Crippen molar-refractivity contribution in [2.45, 2.75) is 40.2 Å². The van der Waals surface area contributed by atoms with Crippen LogP contribution in [0.3, 0.4) is 0 Å². The van der Waals surface area contributed by atoms with Gasteiger partial charge in [-0.05, 0) is 49.6 Å². The summed E-state index contributed by atoms with van der Waals surface area (Å²) in [5.74, 6) is 0.629. The molecule has 1 N–H and O–H groups in total. The molecule has 0 aliphatic carbocycles. The summed E-state index contributed by atoms with van der Waals surface area (Å²) in [7, 11) is 2.03. The standard InChI is InChI=1S/C14H22ClN/c1-6-9(2)14(16-5)12-7-11(4)13(15)8-10(12)3/h7-9,14,16H,6H2,1-5H3. The molecule has 0 aliphatic heterocycles. The lowest BCUT2D eigenvalue weighted by Crippen LogP contribution is -2.24. The number of halogens is 1. The van der Waals surface area contributed by atoms with E-state index in [1.807, 2.05) is 7.05 Å². The lowest BCUT2D eigenvalue weighted by Gasteiger charge is -2.25. The van der Waals surface area contributed by atoms with E-state index in [0.717, 1.165) is 10.6 Å². The van der Waals surface area contributed by atoms with Crippen LogP contribution < -0.4 is 5.32 Å². The van der Waals surface area contributed by atoms with E-state index in [2.05, 4.69) is 45.1 Å². The highest BCUT2D eigenvalue weighted by Gasteiger charge is 2.18. The molecule has 0 bridgehead atoms. The van der Waals surface area contributed by atoms with Crippen molar-refractivity contribution in [3.8, 4) is 0 Å². The average molecular weight is 240 g/mol. The lowest BCUT2D eigenvalue weighted by atomic mass is 9.89. The van der Waals surface area contributed by atoms with E-state index in [-0.39, 0.29) is 0 Å². The Morgan fingerprint density at radius 1 is 1.25 bits per heavy atom. The summed E-state index contributed by atoms with van der Waals surface area (Å²) in [6.07, 6.45) is 1.17. The van der Waals surface area contributed by atoms with E-state index in [9.17, 15) is 0 Å². The number of hydrogen-bond donors (Lipinski definition) is 1. The van der Waals surface area contributed by atoms with Gasteiger partial charge in [-0.1, -0.05) is 37.9 Å². The summed E-state index contributed by atoms with van der Waals surface area (Å²) in [4.78, 5) is 0. The zero-order valence-corrected chi connectivity index (χ0v) is 11.7. The number of hydrogen-bond acceptors (Lipinski definition) is 1. The molecule has 90 valence electrons. The molecular formula is C14H22ClN. The molecule has 0 radical (unpaired) electrons. The van der Waals surface area contributed by atoms with Crippen LogP contribution in [0.1, 0.15) is 43.0 Å². The fraction of sp³-hybridized carbons (Fsp3) is 0.571. The molecule has 0 saturated carbocycles. The first kappa shape index (κ1) is 13.5. The highest BCUT2D eigenvalue weighted by molar-refractivity contribution is 6.31. The highest BCUT2D eigenvalue weighted by Crippen LogP contribution is 2.30. The predicted octanol–water partition coefficient (Wildman–Crippen LogP) is 4.26. The maximum absolute atomic E-state index is 6.13. The van der Waals surface area contributed by atoms with Gasteiger partial charge in [-0.3, -0.25) is 0 Å². The second kappa shape index (κ2) is 5.70. The summed E-state index contributed by atoms with van der Waals surface area (Å²) < 4.78 is 0. The van der Waals surface area contributed by atoms with Crippen LogP contribution in [0.5, 0.6) is 0 Å². The minimum absolute atomic E-state index is 0.418. The molecule has 1 aromatic rings. The Hall–Kier alpha value is -0.530. The van der Waals surface area contributed by atoms with Gasteiger partial charge in [0.05, 0.1) is 0 Å². The Balaban J connectivity index is 3.15. The second-order valence-corrected chi connectivity index (χ2v) is 5.02.